The number of anilines is 2. The second-order valence-electron chi connectivity index (χ2n) is 8.20. The van der Waals surface area contributed by atoms with Crippen LogP contribution in [-0.2, 0) is 4.74 Å². The van der Waals surface area contributed by atoms with Gasteiger partial charge in [-0.15, -0.1) is 0 Å². The lowest BCUT2D eigenvalue weighted by atomic mass is 9.89. The van der Waals surface area contributed by atoms with Crippen LogP contribution in [0, 0.1) is 11.7 Å². The molecule has 1 N–H and O–H groups in total. The molecule has 0 bridgehead atoms. The molecule has 2 atom stereocenters. The van der Waals surface area contributed by atoms with Gasteiger partial charge in [0.25, 0.3) is 0 Å². The van der Waals surface area contributed by atoms with Gasteiger partial charge in [0.1, 0.15) is 0 Å². The fourth-order valence-corrected chi connectivity index (χ4v) is 4.58. The summed E-state index contributed by atoms with van der Waals surface area (Å²) in [6.45, 7) is 5.73. The van der Waals surface area contributed by atoms with Crippen molar-refractivity contribution in [1.29, 1.82) is 0 Å². The van der Waals surface area contributed by atoms with Crippen LogP contribution in [0.15, 0.2) is 10.6 Å². The van der Waals surface area contributed by atoms with Gasteiger partial charge in [-0.25, -0.2) is 4.39 Å². The molecule has 2 fully saturated rings. The number of nitrogens with zero attached hydrogens (tertiary/aromatic N) is 2. The van der Waals surface area contributed by atoms with E-state index < -0.39 is 5.82 Å². The highest BCUT2D eigenvalue weighted by Crippen LogP contribution is 2.36. The van der Waals surface area contributed by atoms with Gasteiger partial charge < -0.3 is 19.5 Å². The maximum Gasteiger partial charge on any atom is 0.206 e. The predicted octanol–water partition coefficient (Wildman–Crippen LogP) is 4.39. The first-order chi connectivity index (χ1) is 13.6. The van der Waals surface area contributed by atoms with Gasteiger partial charge in [0.15, 0.2) is 17.9 Å². The SMILES string of the molecule is C[C@@H]1CN(c2c(C=O)cc3c(NCC4CCCCC4)noc3c2F)C[C@H](C)O1. The number of hydrogen-bond acceptors (Lipinski definition) is 6. The Morgan fingerprint density at radius 2 is 1.96 bits per heavy atom. The Morgan fingerprint density at radius 1 is 1.25 bits per heavy atom. The lowest BCUT2D eigenvalue weighted by Crippen LogP contribution is -2.46. The third-order valence-corrected chi connectivity index (χ3v) is 5.85. The number of rotatable bonds is 5. The molecule has 1 saturated heterocycles. The molecule has 1 aliphatic carbocycles. The molecule has 0 unspecified atom stereocenters. The van der Waals surface area contributed by atoms with Crippen LogP contribution in [0.2, 0.25) is 0 Å². The molecule has 1 aromatic carbocycles. The van der Waals surface area contributed by atoms with Crippen LogP contribution in [0.1, 0.15) is 56.3 Å². The summed E-state index contributed by atoms with van der Waals surface area (Å²) in [5, 5.41) is 7.88. The van der Waals surface area contributed by atoms with Crippen molar-refractivity contribution >= 4 is 28.8 Å². The number of nitrogens with one attached hydrogen (secondary N) is 1. The zero-order chi connectivity index (χ0) is 19.7. The van der Waals surface area contributed by atoms with E-state index in [4.69, 9.17) is 9.26 Å². The van der Waals surface area contributed by atoms with Gasteiger partial charge in [0.2, 0.25) is 5.58 Å². The molecule has 0 radical (unpaired) electrons. The van der Waals surface area contributed by atoms with Gasteiger partial charge in [0.05, 0.1) is 23.3 Å². The Hall–Kier alpha value is -2.15. The minimum absolute atomic E-state index is 0.0409. The number of carbonyl (C=O) groups excluding carboxylic acids is 1. The second-order valence-corrected chi connectivity index (χ2v) is 8.20. The van der Waals surface area contributed by atoms with Crippen molar-refractivity contribution in [2.24, 2.45) is 5.92 Å². The summed E-state index contributed by atoms with van der Waals surface area (Å²) in [5.74, 6) is 0.587. The topological polar surface area (TPSA) is 67.6 Å². The van der Waals surface area contributed by atoms with Gasteiger partial charge >= 0.3 is 0 Å². The van der Waals surface area contributed by atoms with E-state index >= 15 is 4.39 Å². The lowest BCUT2D eigenvalue weighted by Gasteiger charge is -2.37. The first-order valence-electron chi connectivity index (χ1n) is 10.3. The Kier molecular flexibility index (Phi) is 5.53. The van der Waals surface area contributed by atoms with Crippen molar-refractivity contribution in [2.75, 3.05) is 29.9 Å². The lowest BCUT2D eigenvalue weighted by molar-refractivity contribution is -0.00543. The molecular formula is C21H28FN3O3. The number of aromatic nitrogens is 1. The average molecular weight is 389 g/mol. The Labute approximate surface area is 164 Å². The van der Waals surface area contributed by atoms with Crippen molar-refractivity contribution in [3.63, 3.8) is 0 Å². The molecule has 2 heterocycles. The molecule has 28 heavy (non-hydrogen) atoms. The molecule has 1 aromatic heterocycles. The predicted molar refractivity (Wildman–Crippen MR) is 107 cm³/mol. The quantitative estimate of drug-likeness (QED) is 0.765. The van der Waals surface area contributed by atoms with E-state index in [1.54, 1.807) is 6.07 Å². The molecule has 4 rings (SSSR count). The number of hydrogen-bond donors (Lipinski definition) is 1. The number of morpholine rings is 1. The van der Waals surface area contributed by atoms with E-state index in [1.807, 2.05) is 18.7 Å². The minimum atomic E-state index is -0.529. The largest absolute Gasteiger partial charge is 0.372 e. The maximum absolute atomic E-state index is 15.4. The number of ether oxygens (including phenoxy) is 1. The van der Waals surface area contributed by atoms with Gasteiger partial charge in [-0.05, 0) is 38.7 Å². The molecule has 0 spiro atoms. The van der Waals surface area contributed by atoms with Crippen LogP contribution in [0.4, 0.5) is 15.9 Å². The maximum atomic E-state index is 15.4. The van der Waals surface area contributed by atoms with Crippen LogP contribution >= 0.6 is 0 Å². The smallest absolute Gasteiger partial charge is 0.206 e. The number of carbonyl (C=O) groups is 1. The normalized spacial score (nSPS) is 23.9. The molecule has 2 aromatic rings. The summed E-state index contributed by atoms with van der Waals surface area (Å²) < 4.78 is 26.4. The van der Waals surface area contributed by atoms with Gasteiger partial charge in [-0.1, -0.05) is 24.4 Å². The van der Waals surface area contributed by atoms with Crippen LogP contribution in [-0.4, -0.2) is 43.3 Å². The third-order valence-electron chi connectivity index (χ3n) is 5.85. The first kappa shape index (κ1) is 19.2. The summed E-state index contributed by atoms with van der Waals surface area (Å²) >= 11 is 0. The molecular weight excluding hydrogens is 361 g/mol. The summed E-state index contributed by atoms with van der Waals surface area (Å²) in [6.07, 6.45) is 6.86. The van der Waals surface area contributed by atoms with Crippen LogP contribution in [0.25, 0.3) is 11.0 Å². The Morgan fingerprint density at radius 3 is 2.64 bits per heavy atom. The zero-order valence-corrected chi connectivity index (χ0v) is 16.5. The first-order valence-corrected chi connectivity index (χ1v) is 10.3. The summed E-state index contributed by atoms with van der Waals surface area (Å²) in [4.78, 5) is 13.6. The minimum Gasteiger partial charge on any atom is -0.372 e. The fourth-order valence-electron chi connectivity index (χ4n) is 4.58. The molecule has 1 saturated carbocycles. The molecule has 2 aliphatic rings. The Balaban J connectivity index is 1.63. The van der Waals surface area contributed by atoms with Gasteiger partial charge in [-0.2, -0.15) is 0 Å². The molecule has 0 amide bonds. The molecule has 6 nitrogen and oxygen atoms in total. The highest BCUT2D eigenvalue weighted by Gasteiger charge is 2.29. The van der Waals surface area contributed by atoms with Gasteiger partial charge in [-0.3, -0.25) is 4.79 Å². The average Bonchev–Trinajstić information content (AvgIpc) is 3.09. The standard InChI is InChI=1S/C21H28FN3O3/c1-13-10-25(11-14(2)27-13)19-16(12-26)8-17-20(18(19)22)28-24-21(17)23-9-15-6-4-3-5-7-15/h8,12-15H,3-7,9-11H2,1-2H3,(H,23,24)/t13-,14+. The Bertz CT molecular complexity index is 837. The monoisotopic (exact) mass is 389 g/mol. The van der Waals surface area contributed by atoms with Crippen molar-refractivity contribution in [2.45, 2.75) is 58.2 Å². The van der Waals surface area contributed by atoms with Crippen LogP contribution in [0.3, 0.4) is 0 Å². The van der Waals surface area contributed by atoms with Crippen LogP contribution in [0.5, 0.6) is 0 Å². The number of benzene rings is 1. The van der Waals surface area contributed by atoms with E-state index in [-0.39, 0.29) is 23.5 Å². The van der Waals surface area contributed by atoms with E-state index in [0.29, 0.717) is 42.1 Å². The molecule has 1 aliphatic heterocycles. The van der Waals surface area contributed by atoms with Crippen molar-refractivity contribution < 1.29 is 18.4 Å². The number of fused-ring (bicyclic) bond motifs is 1. The second kappa shape index (κ2) is 8.07. The van der Waals surface area contributed by atoms with Crippen molar-refractivity contribution in [3.8, 4) is 0 Å². The third kappa shape index (κ3) is 3.72. The summed E-state index contributed by atoms with van der Waals surface area (Å²) in [6, 6.07) is 1.69. The summed E-state index contributed by atoms with van der Waals surface area (Å²) in [5.41, 5.74) is 0.688. The summed E-state index contributed by atoms with van der Waals surface area (Å²) in [7, 11) is 0. The highest BCUT2D eigenvalue weighted by atomic mass is 19.1. The zero-order valence-electron chi connectivity index (χ0n) is 16.5. The van der Waals surface area contributed by atoms with Crippen molar-refractivity contribution in [3.05, 3.63) is 17.4 Å². The van der Waals surface area contributed by atoms with Gasteiger partial charge in [0, 0.05) is 25.2 Å². The van der Waals surface area contributed by atoms with Crippen molar-refractivity contribution in [1.82, 2.24) is 5.16 Å². The number of halogens is 1. The van der Waals surface area contributed by atoms with E-state index in [1.165, 1.54) is 32.1 Å². The van der Waals surface area contributed by atoms with E-state index in [9.17, 15) is 4.79 Å². The van der Waals surface area contributed by atoms with E-state index in [2.05, 4.69) is 10.5 Å². The van der Waals surface area contributed by atoms with Crippen LogP contribution < -0.4 is 10.2 Å². The number of aldehydes is 1. The molecule has 7 heteroatoms. The molecule has 152 valence electrons. The van der Waals surface area contributed by atoms with E-state index in [0.717, 1.165) is 6.54 Å². The fraction of sp³-hybridized carbons (Fsp3) is 0.619. The highest BCUT2D eigenvalue weighted by molar-refractivity contribution is 5.98.